The third kappa shape index (κ3) is 2.98. The summed E-state index contributed by atoms with van der Waals surface area (Å²) in [7, 11) is 0. The molecule has 0 bridgehead atoms. The zero-order valence-corrected chi connectivity index (χ0v) is 11.2. The fourth-order valence-electron chi connectivity index (χ4n) is 1.49. The number of para-hydroxylation sites is 1. The monoisotopic (exact) mass is 281 g/mol. The summed E-state index contributed by atoms with van der Waals surface area (Å²) in [5.74, 6) is 0.608. The molecule has 18 heavy (non-hydrogen) atoms. The molecule has 0 radical (unpaired) electrons. The van der Waals surface area contributed by atoms with Gasteiger partial charge in [0, 0.05) is 6.04 Å². The van der Waals surface area contributed by atoms with Gasteiger partial charge in [0.2, 0.25) is 0 Å². The molecule has 0 aliphatic heterocycles. The molecule has 1 saturated carbocycles. The molecule has 3 rings (SSSR count). The Balaban J connectivity index is 1.63. The third-order valence-corrected chi connectivity index (χ3v) is 3.72. The molecule has 1 aliphatic carbocycles. The van der Waals surface area contributed by atoms with Crippen LogP contribution >= 0.6 is 22.9 Å². The molecule has 1 aromatic heterocycles. The lowest BCUT2D eigenvalue weighted by molar-refractivity contribution is 0.473. The van der Waals surface area contributed by atoms with E-state index in [1.807, 2.05) is 18.2 Å². The summed E-state index contributed by atoms with van der Waals surface area (Å²) in [6, 6.07) is 8.00. The van der Waals surface area contributed by atoms with Crippen LogP contribution in [0.25, 0.3) is 0 Å². The standard InChI is InChI=1S/C12H12ClN3OS/c13-9-3-1-2-4-10(9)17-12-16-15-11(18-12)7-14-8-5-6-8/h1-4,8,14H,5-7H2. The van der Waals surface area contributed by atoms with Gasteiger partial charge in [0.25, 0.3) is 5.19 Å². The maximum atomic E-state index is 6.01. The summed E-state index contributed by atoms with van der Waals surface area (Å²) in [4.78, 5) is 0. The Morgan fingerprint density at radius 1 is 1.33 bits per heavy atom. The molecule has 2 aromatic rings. The summed E-state index contributed by atoms with van der Waals surface area (Å²) in [6.07, 6.45) is 2.53. The van der Waals surface area contributed by atoms with Crippen molar-refractivity contribution in [3.63, 3.8) is 0 Å². The Morgan fingerprint density at radius 2 is 2.17 bits per heavy atom. The van der Waals surface area contributed by atoms with Gasteiger partial charge in [-0.05, 0) is 25.0 Å². The van der Waals surface area contributed by atoms with Gasteiger partial charge in [0.05, 0.1) is 11.6 Å². The number of halogens is 1. The van der Waals surface area contributed by atoms with Crippen LogP contribution in [0, 0.1) is 0 Å². The van der Waals surface area contributed by atoms with Crippen molar-refractivity contribution < 1.29 is 4.74 Å². The van der Waals surface area contributed by atoms with Gasteiger partial charge in [-0.1, -0.05) is 40.2 Å². The van der Waals surface area contributed by atoms with E-state index in [0.717, 1.165) is 11.6 Å². The fraction of sp³-hybridized carbons (Fsp3) is 0.333. The average Bonchev–Trinajstić information content (AvgIpc) is 3.10. The van der Waals surface area contributed by atoms with Gasteiger partial charge >= 0.3 is 0 Å². The normalized spacial score (nSPS) is 14.7. The van der Waals surface area contributed by atoms with Crippen molar-refractivity contribution in [2.24, 2.45) is 0 Å². The lowest BCUT2D eigenvalue weighted by atomic mass is 10.3. The quantitative estimate of drug-likeness (QED) is 0.914. The van der Waals surface area contributed by atoms with Crippen molar-refractivity contribution in [1.29, 1.82) is 0 Å². The molecule has 0 spiro atoms. The second-order valence-electron chi connectivity index (χ2n) is 4.15. The Bertz CT molecular complexity index is 542. The molecule has 6 heteroatoms. The van der Waals surface area contributed by atoms with Crippen molar-refractivity contribution in [3.05, 3.63) is 34.3 Å². The molecule has 1 fully saturated rings. The first-order chi connectivity index (χ1) is 8.81. The predicted molar refractivity (Wildman–Crippen MR) is 71.3 cm³/mol. The van der Waals surface area contributed by atoms with E-state index in [1.165, 1.54) is 24.2 Å². The lowest BCUT2D eigenvalue weighted by Crippen LogP contribution is -2.14. The highest BCUT2D eigenvalue weighted by molar-refractivity contribution is 7.13. The minimum Gasteiger partial charge on any atom is -0.428 e. The number of nitrogens with one attached hydrogen (secondary N) is 1. The van der Waals surface area contributed by atoms with Crippen LogP contribution in [0.5, 0.6) is 10.9 Å². The van der Waals surface area contributed by atoms with Crippen LogP contribution < -0.4 is 10.1 Å². The number of nitrogens with zero attached hydrogens (tertiary/aromatic N) is 2. The largest absolute Gasteiger partial charge is 0.428 e. The van der Waals surface area contributed by atoms with Crippen LogP contribution in [0.2, 0.25) is 5.02 Å². The Morgan fingerprint density at radius 3 is 2.94 bits per heavy atom. The summed E-state index contributed by atoms with van der Waals surface area (Å²) in [5.41, 5.74) is 0. The van der Waals surface area contributed by atoms with E-state index >= 15 is 0 Å². The highest BCUT2D eigenvalue weighted by Crippen LogP contribution is 2.30. The van der Waals surface area contributed by atoms with Crippen molar-refractivity contribution in [3.8, 4) is 10.9 Å². The number of hydrogen-bond donors (Lipinski definition) is 1. The number of hydrogen-bond acceptors (Lipinski definition) is 5. The van der Waals surface area contributed by atoms with Crippen LogP contribution in [-0.2, 0) is 6.54 Å². The van der Waals surface area contributed by atoms with E-state index in [1.54, 1.807) is 6.07 Å². The maximum Gasteiger partial charge on any atom is 0.299 e. The van der Waals surface area contributed by atoms with Gasteiger partial charge in [0.1, 0.15) is 10.8 Å². The van der Waals surface area contributed by atoms with E-state index in [2.05, 4.69) is 15.5 Å². The van der Waals surface area contributed by atoms with Crippen LogP contribution in [0.4, 0.5) is 0 Å². The van der Waals surface area contributed by atoms with E-state index < -0.39 is 0 Å². The minimum atomic E-state index is 0.524. The molecule has 1 N–H and O–H groups in total. The van der Waals surface area contributed by atoms with Crippen molar-refractivity contribution >= 4 is 22.9 Å². The van der Waals surface area contributed by atoms with Crippen molar-refractivity contribution in [2.45, 2.75) is 25.4 Å². The van der Waals surface area contributed by atoms with Gasteiger partial charge in [-0.25, -0.2) is 0 Å². The van der Waals surface area contributed by atoms with E-state index in [-0.39, 0.29) is 0 Å². The van der Waals surface area contributed by atoms with Crippen molar-refractivity contribution in [2.75, 3.05) is 0 Å². The number of ether oxygens (including phenoxy) is 1. The molecule has 1 aromatic carbocycles. The molecule has 1 aliphatic rings. The highest BCUT2D eigenvalue weighted by Gasteiger charge is 2.20. The van der Waals surface area contributed by atoms with Crippen LogP contribution in [0.3, 0.4) is 0 Å². The van der Waals surface area contributed by atoms with E-state index in [9.17, 15) is 0 Å². The highest BCUT2D eigenvalue weighted by atomic mass is 35.5. The molecule has 94 valence electrons. The molecule has 4 nitrogen and oxygen atoms in total. The van der Waals surface area contributed by atoms with Gasteiger partial charge in [0.15, 0.2) is 0 Å². The van der Waals surface area contributed by atoms with Crippen LogP contribution in [0.15, 0.2) is 24.3 Å². The molecular formula is C12H12ClN3OS. The minimum absolute atomic E-state index is 0.524. The second kappa shape index (κ2) is 5.22. The second-order valence-corrected chi connectivity index (χ2v) is 5.58. The average molecular weight is 282 g/mol. The first kappa shape index (κ1) is 11.9. The first-order valence-corrected chi connectivity index (χ1v) is 6.99. The van der Waals surface area contributed by atoms with E-state index in [0.29, 0.717) is 22.0 Å². The fourth-order valence-corrected chi connectivity index (χ4v) is 2.32. The van der Waals surface area contributed by atoms with Crippen LogP contribution in [-0.4, -0.2) is 16.2 Å². The topological polar surface area (TPSA) is 47.0 Å². The van der Waals surface area contributed by atoms with Gasteiger partial charge in [-0.3, -0.25) is 0 Å². The van der Waals surface area contributed by atoms with Gasteiger partial charge in [-0.2, -0.15) is 0 Å². The number of benzene rings is 1. The lowest BCUT2D eigenvalue weighted by Gasteiger charge is -2.01. The molecule has 1 heterocycles. The zero-order chi connectivity index (χ0) is 12.4. The van der Waals surface area contributed by atoms with Gasteiger partial charge in [-0.15, -0.1) is 5.10 Å². The summed E-state index contributed by atoms with van der Waals surface area (Å²) >= 11 is 7.45. The Kier molecular flexibility index (Phi) is 3.45. The maximum absolute atomic E-state index is 6.01. The SMILES string of the molecule is Clc1ccccc1Oc1nnc(CNC2CC2)s1. The molecule has 0 atom stereocenters. The molecular weight excluding hydrogens is 270 g/mol. The van der Waals surface area contributed by atoms with Gasteiger partial charge < -0.3 is 10.1 Å². The number of rotatable bonds is 5. The molecule has 0 unspecified atom stereocenters. The van der Waals surface area contributed by atoms with Crippen LogP contribution in [0.1, 0.15) is 17.8 Å². The molecule has 0 saturated heterocycles. The van der Waals surface area contributed by atoms with E-state index in [4.69, 9.17) is 16.3 Å². The summed E-state index contributed by atoms with van der Waals surface area (Å²) in [6.45, 7) is 0.758. The zero-order valence-electron chi connectivity index (χ0n) is 9.60. The first-order valence-electron chi connectivity index (χ1n) is 5.79. The Hall–Kier alpha value is -1.17. The third-order valence-electron chi connectivity index (χ3n) is 2.60. The molecule has 0 amide bonds. The summed E-state index contributed by atoms with van der Waals surface area (Å²) < 4.78 is 5.60. The summed E-state index contributed by atoms with van der Waals surface area (Å²) in [5, 5.41) is 13.5. The van der Waals surface area contributed by atoms with Crippen molar-refractivity contribution in [1.82, 2.24) is 15.5 Å². The predicted octanol–water partition coefficient (Wildman–Crippen LogP) is 3.24. The Labute approximate surface area is 114 Å². The number of aromatic nitrogens is 2. The smallest absolute Gasteiger partial charge is 0.299 e.